The molecule has 0 aliphatic carbocycles. The summed E-state index contributed by atoms with van der Waals surface area (Å²) in [6.45, 7) is 5.79. The van der Waals surface area contributed by atoms with Crippen molar-refractivity contribution in [2.45, 2.75) is 52.4 Å². The fourth-order valence-corrected chi connectivity index (χ4v) is 3.20. The predicted octanol–water partition coefficient (Wildman–Crippen LogP) is 4.79. The van der Waals surface area contributed by atoms with Gasteiger partial charge >= 0.3 is 0 Å². The second-order valence-corrected chi connectivity index (χ2v) is 7.49. The van der Waals surface area contributed by atoms with Crippen LogP contribution in [0, 0.1) is 13.8 Å². The zero-order valence-electron chi connectivity index (χ0n) is 17.7. The molecule has 0 radical (unpaired) electrons. The summed E-state index contributed by atoms with van der Waals surface area (Å²) in [6.07, 6.45) is 5.89. The van der Waals surface area contributed by atoms with Crippen LogP contribution in [0.25, 0.3) is 0 Å². The molecule has 0 aromatic heterocycles. The molecule has 4 N–H and O–H groups in total. The first-order valence-electron chi connectivity index (χ1n) is 10.2. The third kappa shape index (κ3) is 10.7. The van der Waals surface area contributed by atoms with Gasteiger partial charge in [0.2, 0.25) is 0 Å². The van der Waals surface area contributed by atoms with Crippen molar-refractivity contribution < 1.29 is 0 Å². The van der Waals surface area contributed by atoms with Gasteiger partial charge in [0.15, 0.2) is 0 Å². The maximum atomic E-state index is 6.04. The zero-order chi connectivity index (χ0) is 20.2. The molecule has 0 saturated carbocycles. The Hall–Kier alpha value is -2.33. The summed E-state index contributed by atoms with van der Waals surface area (Å²) in [5.74, 6) is 1.44. The van der Waals surface area contributed by atoms with E-state index in [9.17, 15) is 0 Å². The van der Waals surface area contributed by atoms with Gasteiger partial charge in [0, 0.05) is 25.9 Å². The summed E-state index contributed by atoms with van der Waals surface area (Å²) >= 11 is 0. The molecular weight excluding hydrogens is 380 g/mol. The van der Waals surface area contributed by atoms with E-state index in [0.717, 1.165) is 63.3 Å². The first-order chi connectivity index (χ1) is 13.5. The monoisotopic (exact) mass is 414 g/mol. The van der Waals surface area contributed by atoms with Crippen LogP contribution in [0.3, 0.4) is 0 Å². The molecular formula is C24H35ClN4. The Labute approximate surface area is 181 Å². The van der Waals surface area contributed by atoms with Crippen LogP contribution in [0.1, 0.15) is 47.9 Å². The highest BCUT2D eigenvalue weighted by Gasteiger charge is 1.99. The van der Waals surface area contributed by atoms with Crippen molar-refractivity contribution in [2.24, 2.45) is 21.5 Å². The normalized spacial score (nSPS) is 11.9. The number of benzene rings is 2. The molecule has 2 aromatic rings. The average Bonchev–Trinajstić information content (AvgIpc) is 2.64. The largest absolute Gasteiger partial charge is 0.387 e. The molecule has 0 fully saturated rings. The minimum absolute atomic E-state index is 0. The zero-order valence-corrected chi connectivity index (χ0v) is 18.5. The average molecular weight is 415 g/mol. The van der Waals surface area contributed by atoms with Crippen LogP contribution < -0.4 is 11.5 Å². The van der Waals surface area contributed by atoms with E-state index >= 15 is 0 Å². The molecule has 4 nitrogen and oxygen atoms in total. The molecule has 0 unspecified atom stereocenters. The quantitative estimate of drug-likeness (QED) is 0.315. The molecule has 2 aromatic carbocycles. The Kier molecular flexibility index (Phi) is 11.7. The van der Waals surface area contributed by atoms with Crippen molar-refractivity contribution in [3.8, 4) is 0 Å². The summed E-state index contributed by atoms with van der Waals surface area (Å²) < 4.78 is 0. The number of hydrogen-bond donors (Lipinski definition) is 2. The van der Waals surface area contributed by atoms with Crippen LogP contribution in [-0.4, -0.2) is 24.8 Å². The Morgan fingerprint density at radius 1 is 0.690 bits per heavy atom. The summed E-state index contributed by atoms with van der Waals surface area (Å²) in [4.78, 5) is 8.99. The van der Waals surface area contributed by atoms with Crippen LogP contribution in [-0.2, 0) is 12.8 Å². The van der Waals surface area contributed by atoms with Gasteiger partial charge in [-0.05, 0) is 37.8 Å². The van der Waals surface area contributed by atoms with Gasteiger partial charge in [-0.2, -0.15) is 0 Å². The van der Waals surface area contributed by atoms with E-state index < -0.39 is 0 Å². The third-order valence-corrected chi connectivity index (χ3v) is 4.63. The Bertz CT molecular complexity index is 731. The first-order valence-corrected chi connectivity index (χ1v) is 10.2. The highest BCUT2D eigenvalue weighted by molar-refractivity contribution is 5.85. The number of aliphatic imine (C=N–C) groups is 2. The smallest absolute Gasteiger partial charge is 0.0981 e. The van der Waals surface area contributed by atoms with Crippen molar-refractivity contribution in [1.82, 2.24) is 0 Å². The van der Waals surface area contributed by atoms with E-state index in [1.54, 1.807) is 0 Å². The number of amidine groups is 2. The van der Waals surface area contributed by atoms with Crippen LogP contribution in [0.2, 0.25) is 0 Å². The molecule has 0 heterocycles. The van der Waals surface area contributed by atoms with Gasteiger partial charge in [-0.1, -0.05) is 72.5 Å². The number of rotatable bonds is 11. The standard InChI is InChI=1S/C24H34N4.ClH/c1-19-9-7-11-21(15-19)17-23(25)27-13-5-3-4-6-14-28-24(26)18-22-12-8-10-20(2)16-22;/h7-12,15-16H,3-6,13-14,17-18H2,1-2H3,(H2,25,27)(H2,26,28);1H. The van der Waals surface area contributed by atoms with Gasteiger partial charge in [-0.25, -0.2) is 0 Å². The number of nitrogens with zero attached hydrogens (tertiary/aromatic N) is 2. The molecule has 0 spiro atoms. The van der Waals surface area contributed by atoms with Gasteiger partial charge < -0.3 is 11.5 Å². The van der Waals surface area contributed by atoms with E-state index in [1.165, 1.54) is 22.3 Å². The van der Waals surface area contributed by atoms with Gasteiger partial charge in [-0.15, -0.1) is 12.4 Å². The van der Waals surface area contributed by atoms with Crippen molar-refractivity contribution in [2.75, 3.05) is 13.1 Å². The number of unbranched alkanes of at least 4 members (excludes halogenated alkanes) is 3. The summed E-state index contributed by atoms with van der Waals surface area (Å²) in [7, 11) is 0. The molecule has 0 aliphatic rings. The number of aryl methyl sites for hydroxylation is 2. The Balaban J connectivity index is 0.00000420. The van der Waals surface area contributed by atoms with Crippen molar-refractivity contribution in [3.05, 3.63) is 70.8 Å². The van der Waals surface area contributed by atoms with Gasteiger partial charge in [-0.3, -0.25) is 9.98 Å². The lowest BCUT2D eigenvalue weighted by Crippen LogP contribution is -2.16. The summed E-state index contributed by atoms with van der Waals surface area (Å²) in [6, 6.07) is 16.8. The first kappa shape index (κ1) is 24.7. The molecule has 158 valence electrons. The number of hydrogen-bond acceptors (Lipinski definition) is 2. The van der Waals surface area contributed by atoms with Crippen LogP contribution in [0.15, 0.2) is 58.5 Å². The maximum absolute atomic E-state index is 6.04. The molecule has 0 saturated heterocycles. The van der Waals surface area contributed by atoms with Crippen molar-refractivity contribution in [1.29, 1.82) is 0 Å². The summed E-state index contributed by atoms with van der Waals surface area (Å²) in [5.41, 5.74) is 17.0. The SMILES string of the molecule is Cc1cccc(CC(N)=NCCCCCCN=C(N)Cc2cccc(C)c2)c1.Cl. The summed E-state index contributed by atoms with van der Waals surface area (Å²) in [5, 5.41) is 0. The maximum Gasteiger partial charge on any atom is 0.0981 e. The van der Waals surface area contributed by atoms with E-state index in [4.69, 9.17) is 11.5 Å². The van der Waals surface area contributed by atoms with Gasteiger partial charge in [0.1, 0.15) is 0 Å². The number of nitrogens with two attached hydrogens (primary N) is 2. The van der Waals surface area contributed by atoms with E-state index in [1.807, 2.05) is 0 Å². The van der Waals surface area contributed by atoms with E-state index in [2.05, 4.69) is 72.4 Å². The highest BCUT2D eigenvalue weighted by Crippen LogP contribution is 2.06. The molecule has 29 heavy (non-hydrogen) atoms. The Morgan fingerprint density at radius 3 is 1.48 bits per heavy atom. The fraction of sp³-hybridized carbons (Fsp3) is 0.417. The fourth-order valence-electron chi connectivity index (χ4n) is 3.20. The Morgan fingerprint density at radius 2 is 1.10 bits per heavy atom. The molecule has 5 heteroatoms. The second kappa shape index (κ2) is 13.8. The van der Waals surface area contributed by atoms with E-state index in [0.29, 0.717) is 0 Å². The second-order valence-electron chi connectivity index (χ2n) is 7.49. The lowest BCUT2D eigenvalue weighted by atomic mass is 10.1. The molecule has 0 aliphatic heterocycles. The molecule has 0 atom stereocenters. The minimum atomic E-state index is 0. The topological polar surface area (TPSA) is 76.8 Å². The molecule has 2 rings (SSSR count). The lowest BCUT2D eigenvalue weighted by Gasteiger charge is -2.04. The van der Waals surface area contributed by atoms with Gasteiger partial charge in [0.25, 0.3) is 0 Å². The predicted molar refractivity (Wildman–Crippen MR) is 128 cm³/mol. The van der Waals surface area contributed by atoms with Crippen LogP contribution in [0.4, 0.5) is 0 Å². The lowest BCUT2D eigenvalue weighted by molar-refractivity contribution is 0.653. The van der Waals surface area contributed by atoms with Crippen molar-refractivity contribution >= 4 is 24.1 Å². The van der Waals surface area contributed by atoms with E-state index in [-0.39, 0.29) is 12.4 Å². The molecule has 0 amide bonds. The van der Waals surface area contributed by atoms with Crippen LogP contribution >= 0.6 is 12.4 Å². The van der Waals surface area contributed by atoms with Gasteiger partial charge in [0.05, 0.1) is 11.7 Å². The van der Waals surface area contributed by atoms with Crippen LogP contribution in [0.5, 0.6) is 0 Å². The molecule has 0 bridgehead atoms. The highest BCUT2D eigenvalue weighted by atomic mass is 35.5. The van der Waals surface area contributed by atoms with Crippen molar-refractivity contribution in [3.63, 3.8) is 0 Å². The minimum Gasteiger partial charge on any atom is -0.387 e. The third-order valence-electron chi connectivity index (χ3n) is 4.63. The number of halogens is 1.